The summed E-state index contributed by atoms with van der Waals surface area (Å²) in [6.07, 6.45) is 1.57. The minimum absolute atomic E-state index is 0.0776. The summed E-state index contributed by atoms with van der Waals surface area (Å²) in [5, 5.41) is 11.7. The predicted molar refractivity (Wildman–Crippen MR) is 118 cm³/mol. The number of hydrogen-bond donors (Lipinski definition) is 0. The molecule has 0 aliphatic carbocycles. The molecular weight excluding hydrogens is 410 g/mol. The lowest BCUT2D eigenvalue weighted by atomic mass is 9.97. The van der Waals surface area contributed by atoms with Crippen LogP contribution in [0.4, 0.5) is 11.5 Å². The van der Waals surface area contributed by atoms with Crippen molar-refractivity contribution in [1.29, 1.82) is 0 Å². The van der Waals surface area contributed by atoms with Gasteiger partial charge in [-0.05, 0) is 49.2 Å². The van der Waals surface area contributed by atoms with E-state index >= 15 is 0 Å². The fourth-order valence-corrected chi connectivity index (χ4v) is 4.10. The molecule has 0 bridgehead atoms. The third-order valence-corrected chi connectivity index (χ3v) is 5.57. The molecule has 1 unspecified atom stereocenters. The number of fused-ring (bicyclic) bond motifs is 2. The van der Waals surface area contributed by atoms with Crippen molar-refractivity contribution in [2.45, 2.75) is 19.9 Å². The van der Waals surface area contributed by atoms with Crippen LogP contribution in [0.5, 0.6) is 0 Å². The third-order valence-electron chi connectivity index (χ3n) is 5.57. The van der Waals surface area contributed by atoms with Crippen LogP contribution < -0.4 is 10.3 Å². The maximum absolute atomic E-state index is 13.6. The lowest BCUT2D eigenvalue weighted by Crippen LogP contribution is -2.30. The molecule has 0 fully saturated rings. The van der Waals surface area contributed by atoms with Crippen LogP contribution in [0.25, 0.3) is 11.0 Å². The van der Waals surface area contributed by atoms with Crippen molar-refractivity contribution in [2.75, 3.05) is 4.90 Å². The van der Waals surface area contributed by atoms with E-state index in [0.29, 0.717) is 22.4 Å². The molecule has 8 heteroatoms. The van der Waals surface area contributed by atoms with Gasteiger partial charge in [-0.1, -0.05) is 23.8 Å². The summed E-state index contributed by atoms with van der Waals surface area (Å²) in [4.78, 5) is 43.6. The van der Waals surface area contributed by atoms with Crippen LogP contribution >= 0.6 is 0 Å². The van der Waals surface area contributed by atoms with Gasteiger partial charge in [0.05, 0.1) is 21.9 Å². The Morgan fingerprint density at radius 3 is 2.56 bits per heavy atom. The van der Waals surface area contributed by atoms with Crippen molar-refractivity contribution < 1.29 is 14.1 Å². The highest BCUT2D eigenvalue weighted by Crippen LogP contribution is 2.41. The zero-order valence-electron chi connectivity index (χ0n) is 17.2. The number of hydrogen-bond acceptors (Lipinski definition) is 6. The fourth-order valence-electron chi connectivity index (χ4n) is 4.10. The van der Waals surface area contributed by atoms with Crippen LogP contribution in [0, 0.1) is 24.0 Å². The topological polar surface area (TPSA) is 107 Å². The van der Waals surface area contributed by atoms with Crippen molar-refractivity contribution in [3.8, 4) is 0 Å². The molecule has 0 N–H and O–H groups in total. The first-order chi connectivity index (χ1) is 15.3. The van der Waals surface area contributed by atoms with E-state index in [1.807, 2.05) is 13.8 Å². The molecular formula is C24H17N3O5. The van der Waals surface area contributed by atoms with Crippen molar-refractivity contribution >= 4 is 28.4 Å². The average molecular weight is 427 g/mol. The summed E-state index contributed by atoms with van der Waals surface area (Å²) in [5.41, 5.74) is 2.15. The predicted octanol–water partition coefficient (Wildman–Crippen LogP) is 4.46. The molecule has 2 aromatic heterocycles. The summed E-state index contributed by atoms with van der Waals surface area (Å²) in [7, 11) is 0. The molecule has 32 heavy (non-hydrogen) atoms. The highest BCUT2D eigenvalue weighted by molar-refractivity contribution is 6.10. The minimum Gasteiger partial charge on any atom is -0.450 e. The Morgan fingerprint density at radius 2 is 1.81 bits per heavy atom. The van der Waals surface area contributed by atoms with E-state index in [2.05, 4.69) is 4.98 Å². The van der Waals surface area contributed by atoms with Crippen LogP contribution in [0.15, 0.2) is 70.0 Å². The minimum atomic E-state index is -0.909. The fraction of sp³-hybridized carbons (Fsp3) is 0.125. The van der Waals surface area contributed by atoms with Gasteiger partial charge in [0.1, 0.15) is 11.4 Å². The molecule has 5 rings (SSSR count). The van der Waals surface area contributed by atoms with E-state index in [4.69, 9.17) is 4.42 Å². The van der Waals surface area contributed by atoms with Crippen molar-refractivity contribution in [1.82, 2.24) is 4.98 Å². The quantitative estimate of drug-likeness (QED) is 0.353. The lowest BCUT2D eigenvalue weighted by molar-refractivity contribution is -0.384. The van der Waals surface area contributed by atoms with Gasteiger partial charge in [0.2, 0.25) is 5.76 Å². The molecule has 0 radical (unpaired) electrons. The average Bonchev–Trinajstić information content (AvgIpc) is 3.07. The van der Waals surface area contributed by atoms with Gasteiger partial charge in [-0.25, -0.2) is 4.98 Å². The zero-order valence-corrected chi connectivity index (χ0v) is 17.2. The van der Waals surface area contributed by atoms with Gasteiger partial charge in [0.15, 0.2) is 5.43 Å². The van der Waals surface area contributed by atoms with Gasteiger partial charge >= 0.3 is 0 Å². The zero-order chi connectivity index (χ0) is 22.6. The highest BCUT2D eigenvalue weighted by atomic mass is 16.6. The molecule has 0 saturated heterocycles. The smallest absolute Gasteiger partial charge is 0.296 e. The first-order valence-corrected chi connectivity index (χ1v) is 9.93. The van der Waals surface area contributed by atoms with Crippen molar-refractivity contribution in [3.63, 3.8) is 0 Å². The van der Waals surface area contributed by atoms with Gasteiger partial charge in [0, 0.05) is 18.3 Å². The largest absolute Gasteiger partial charge is 0.450 e. The number of nitro groups is 1. The molecule has 0 spiro atoms. The number of rotatable bonds is 3. The third kappa shape index (κ3) is 2.96. The van der Waals surface area contributed by atoms with Crippen molar-refractivity contribution in [3.05, 3.63) is 109 Å². The van der Waals surface area contributed by atoms with E-state index in [1.165, 1.54) is 23.1 Å². The first kappa shape index (κ1) is 19.6. The summed E-state index contributed by atoms with van der Waals surface area (Å²) >= 11 is 0. The number of aryl methyl sites for hydroxylation is 2. The van der Waals surface area contributed by atoms with Crippen LogP contribution in [-0.4, -0.2) is 15.8 Å². The molecule has 1 aliphatic heterocycles. The maximum atomic E-state index is 13.6. The number of amides is 1. The number of aromatic nitrogens is 1. The van der Waals surface area contributed by atoms with Gasteiger partial charge in [0.25, 0.3) is 11.6 Å². The van der Waals surface area contributed by atoms with Crippen LogP contribution in [-0.2, 0) is 0 Å². The number of carbonyl (C=O) groups is 1. The van der Waals surface area contributed by atoms with Gasteiger partial charge in [-0.2, -0.15) is 0 Å². The van der Waals surface area contributed by atoms with E-state index < -0.39 is 16.9 Å². The number of non-ortho nitro benzene ring substituents is 1. The number of carbonyl (C=O) groups excluding carboxylic acids is 1. The van der Waals surface area contributed by atoms with E-state index in [-0.39, 0.29) is 22.4 Å². The Balaban J connectivity index is 1.83. The van der Waals surface area contributed by atoms with Crippen molar-refractivity contribution in [2.24, 2.45) is 0 Å². The molecule has 1 amide bonds. The van der Waals surface area contributed by atoms with Crippen LogP contribution in [0.3, 0.4) is 0 Å². The molecule has 2 aromatic carbocycles. The number of nitro benzene ring substituents is 1. The number of nitrogens with zero attached hydrogens (tertiary/aromatic N) is 3. The second-order valence-electron chi connectivity index (χ2n) is 7.79. The number of anilines is 1. The molecule has 8 nitrogen and oxygen atoms in total. The molecule has 1 aliphatic rings. The van der Waals surface area contributed by atoms with Gasteiger partial charge < -0.3 is 4.42 Å². The monoisotopic (exact) mass is 427 g/mol. The van der Waals surface area contributed by atoms with Gasteiger partial charge in [-0.15, -0.1) is 0 Å². The molecule has 4 aromatic rings. The second-order valence-corrected chi connectivity index (χ2v) is 7.79. The Bertz CT molecular complexity index is 1490. The highest BCUT2D eigenvalue weighted by Gasteiger charge is 2.44. The Hall–Kier alpha value is -4.33. The molecule has 1 atom stereocenters. The Labute approximate surface area is 181 Å². The summed E-state index contributed by atoms with van der Waals surface area (Å²) in [5.74, 6) is -0.266. The first-order valence-electron chi connectivity index (χ1n) is 9.93. The van der Waals surface area contributed by atoms with Crippen LogP contribution in [0.2, 0.25) is 0 Å². The molecule has 0 saturated carbocycles. The number of benzene rings is 2. The Kier molecular flexibility index (Phi) is 4.37. The molecule has 3 heterocycles. The number of pyridine rings is 1. The van der Waals surface area contributed by atoms with E-state index in [0.717, 1.165) is 11.1 Å². The maximum Gasteiger partial charge on any atom is 0.296 e. The Morgan fingerprint density at radius 1 is 1.03 bits per heavy atom. The summed E-state index contributed by atoms with van der Waals surface area (Å²) in [6, 6.07) is 13.7. The van der Waals surface area contributed by atoms with Crippen LogP contribution in [0.1, 0.15) is 38.9 Å². The second kappa shape index (κ2) is 7.12. The SMILES string of the molecule is Cc1ccnc(N2C(=O)c3oc4ccc(C)cc4c(=O)c3C2c2cccc([N+](=O)[O-])c2)c1. The normalized spacial score (nSPS) is 15.2. The van der Waals surface area contributed by atoms with E-state index in [1.54, 1.807) is 42.6 Å². The standard InChI is InChI=1S/C24H17N3O5/c1-13-6-7-18-17(10-13)22(28)20-21(15-4-3-5-16(12-15)27(30)31)26(24(29)23(20)32-18)19-11-14(2)8-9-25-19/h3-12,21H,1-2H3. The lowest BCUT2D eigenvalue weighted by Gasteiger charge is -2.24. The summed E-state index contributed by atoms with van der Waals surface area (Å²) < 4.78 is 5.91. The van der Waals surface area contributed by atoms with E-state index in [9.17, 15) is 19.7 Å². The summed E-state index contributed by atoms with van der Waals surface area (Å²) in [6.45, 7) is 3.72. The van der Waals surface area contributed by atoms with Gasteiger partial charge in [-0.3, -0.25) is 24.6 Å². The molecule has 158 valence electrons.